The van der Waals surface area contributed by atoms with E-state index in [4.69, 9.17) is 0 Å². The Labute approximate surface area is 130 Å². The molecule has 0 bridgehead atoms. The smallest absolute Gasteiger partial charge is 0.239 e. The number of likely N-dealkylation sites (N-methyl/N-ethyl adjacent to an activating group) is 1. The second-order valence-corrected chi connectivity index (χ2v) is 5.44. The number of carbonyl (C=O) groups excluding carboxylic acids is 1. The van der Waals surface area contributed by atoms with E-state index in [-0.39, 0.29) is 18.3 Å². The van der Waals surface area contributed by atoms with Crippen molar-refractivity contribution in [1.82, 2.24) is 15.3 Å². The Kier molecular flexibility index (Phi) is 3.97. The van der Waals surface area contributed by atoms with Crippen molar-refractivity contribution in [2.24, 2.45) is 0 Å². The molecule has 0 fully saturated rings. The van der Waals surface area contributed by atoms with Gasteiger partial charge >= 0.3 is 0 Å². The average Bonchev–Trinajstić information content (AvgIpc) is 2.98. The maximum absolute atomic E-state index is 13.1. The molecule has 0 atom stereocenters. The molecule has 0 radical (unpaired) electrons. The van der Waals surface area contributed by atoms with Gasteiger partial charge < -0.3 is 10.6 Å². The summed E-state index contributed by atoms with van der Waals surface area (Å²) in [7, 11) is 1.58. The molecule has 22 heavy (non-hydrogen) atoms. The summed E-state index contributed by atoms with van der Waals surface area (Å²) in [4.78, 5) is 20.7. The van der Waals surface area contributed by atoms with Gasteiger partial charge in [-0.2, -0.15) is 0 Å². The predicted molar refractivity (Wildman–Crippen MR) is 85.4 cm³/mol. The van der Waals surface area contributed by atoms with E-state index < -0.39 is 0 Å². The summed E-state index contributed by atoms with van der Waals surface area (Å²) < 4.78 is 13.1. The summed E-state index contributed by atoms with van der Waals surface area (Å²) in [5, 5.41) is 8.35. The topological polar surface area (TPSA) is 66.9 Å². The van der Waals surface area contributed by atoms with Gasteiger partial charge in [-0.3, -0.25) is 4.79 Å². The number of nitrogens with one attached hydrogen (secondary N) is 2. The number of nitrogens with zero attached hydrogens (tertiary/aromatic N) is 2. The molecule has 2 heterocycles. The Morgan fingerprint density at radius 2 is 2.05 bits per heavy atom. The average molecular weight is 316 g/mol. The van der Waals surface area contributed by atoms with Gasteiger partial charge in [0.25, 0.3) is 0 Å². The van der Waals surface area contributed by atoms with Gasteiger partial charge in [-0.25, -0.2) is 14.4 Å². The van der Waals surface area contributed by atoms with Crippen LogP contribution in [0.2, 0.25) is 0 Å². The second-order valence-electron chi connectivity index (χ2n) is 4.59. The fraction of sp³-hybridized carbons (Fsp3) is 0.133. The molecule has 7 heteroatoms. The van der Waals surface area contributed by atoms with Crippen LogP contribution in [0.1, 0.15) is 0 Å². The van der Waals surface area contributed by atoms with Gasteiger partial charge in [-0.15, -0.1) is 11.3 Å². The van der Waals surface area contributed by atoms with Crippen molar-refractivity contribution >= 4 is 33.3 Å². The van der Waals surface area contributed by atoms with Crippen LogP contribution in [0.5, 0.6) is 0 Å². The van der Waals surface area contributed by atoms with Crippen LogP contribution >= 0.6 is 11.3 Å². The molecule has 0 saturated carbocycles. The van der Waals surface area contributed by atoms with Gasteiger partial charge in [0.05, 0.1) is 11.9 Å². The van der Waals surface area contributed by atoms with Crippen molar-refractivity contribution in [3.63, 3.8) is 0 Å². The number of anilines is 1. The summed E-state index contributed by atoms with van der Waals surface area (Å²) in [6.45, 7) is 0.126. The lowest BCUT2D eigenvalue weighted by Crippen LogP contribution is -2.26. The molecule has 0 spiro atoms. The van der Waals surface area contributed by atoms with Gasteiger partial charge in [0.1, 0.15) is 22.8 Å². The van der Waals surface area contributed by atoms with Crippen LogP contribution in [0.3, 0.4) is 0 Å². The first kappa shape index (κ1) is 14.4. The number of rotatable bonds is 4. The van der Waals surface area contributed by atoms with Crippen LogP contribution in [0.15, 0.2) is 36.0 Å². The molecule has 112 valence electrons. The van der Waals surface area contributed by atoms with Crippen LogP contribution in [0.4, 0.5) is 10.2 Å². The third kappa shape index (κ3) is 2.75. The molecular formula is C15H13FN4OS. The lowest BCUT2D eigenvalue weighted by molar-refractivity contribution is -0.118. The minimum absolute atomic E-state index is 0.126. The second kappa shape index (κ2) is 6.07. The van der Waals surface area contributed by atoms with Gasteiger partial charge in [-0.1, -0.05) is 12.1 Å². The molecule has 0 aliphatic carbocycles. The summed E-state index contributed by atoms with van der Waals surface area (Å²) in [6, 6.07) is 6.26. The third-order valence-corrected chi connectivity index (χ3v) is 4.11. The van der Waals surface area contributed by atoms with Crippen molar-refractivity contribution in [1.29, 1.82) is 0 Å². The van der Waals surface area contributed by atoms with Crippen molar-refractivity contribution in [3.8, 4) is 11.1 Å². The van der Waals surface area contributed by atoms with Crippen molar-refractivity contribution in [2.45, 2.75) is 0 Å². The molecule has 0 aliphatic heterocycles. The lowest BCUT2D eigenvalue weighted by Gasteiger charge is -2.07. The zero-order valence-electron chi connectivity index (χ0n) is 11.8. The molecule has 0 unspecified atom stereocenters. The Morgan fingerprint density at radius 1 is 1.27 bits per heavy atom. The number of amides is 1. The standard InChI is InChI=1S/C15H13FN4OS/c1-17-12(21)6-18-14-13-11(7-22-15(13)20-8-19-14)9-2-4-10(16)5-3-9/h2-5,7-8H,6H2,1H3,(H,17,21)(H,18,19,20). The van der Waals surface area contributed by atoms with Crippen LogP contribution < -0.4 is 10.6 Å². The molecule has 3 aromatic rings. The first-order valence-corrected chi connectivity index (χ1v) is 7.49. The first-order valence-electron chi connectivity index (χ1n) is 6.61. The van der Waals surface area contributed by atoms with E-state index in [1.807, 2.05) is 5.38 Å². The summed E-state index contributed by atoms with van der Waals surface area (Å²) in [6.07, 6.45) is 1.46. The molecule has 2 N–H and O–H groups in total. The van der Waals surface area contributed by atoms with E-state index in [0.29, 0.717) is 5.82 Å². The molecule has 0 saturated heterocycles. The number of halogens is 1. The number of carbonyl (C=O) groups is 1. The van der Waals surface area contributed by atoms with Crippen molar-refractivity contribution in [2.75, 3.05) is 18.9 Å². The quantitative estimate of drug-likeness (QED) is 0.776. The molecule has 2 aromatic heterocycles. The van der Waals surface area contributed by atoms with Gasteiger partial charge in [0.2, 0.25) is 5.91 Å². The molecule has 1 amide bonds. The van der Waals surface area contributed by atoms with Gasteiger partial charge in [0, 0.05) is 18.0 Å². The highest BCUT2D eigenvalue weighted by Crippen LogP contribution is 2.36. The SMILES string of the molecule is CNC(=O)CNc1ncnc2scc(-c3ccc(F)cc3)c12. The fourth-order valence-electron chi connectivity index (χ4n) is 2.10. The highest BCUT2D eigenvalue weighted by molar-refractivity contribution is 7.17. The van der Waals surface area contributed by atoms with E-state index in [9.17, 15) is 9.18 Å². The number of benzene rings is 1. The molecular weight excluding hydrogens is 303 g/mol. The maximum Gasteiger partial charge on any atom is 0.239 e. The van der Waals surface area contributed by atoms with E-state index in [0.717, 1.165) is 21.3 Å². The third-order valence-electron chi connectivity index (χ3n) is 3.22. The Balaban J connectivity index is 2.04. The van der Waals surface area contributed by atoms with E-state index in [1.54, 1.807) is 19.2 Å². The highest BCUT2D eigenvalue weighted by Gasteiger charge is 2.13. The zero-order chi connectivity index (χ0) is 15.5. The monoisotopic (exact) mass is 316 g/mol. The number of hydrogen-bond acceptors (Lipinski definition) is 5. The molecule has 0 aliphatic rings. The Hall–Kier alpha value is -2.54. The van der Waals surface area contributed by atoms with E-state index in [2.05, 4.69) is 20.6 Å². The largest absolute Gasteiger partial charge is 0.360 e. The highest BCUT2D eigenvalue weighted by atomic mass is 32.1. The van der Waals surface area contributed by atoms with Crippen LogP contribution in [-0.2, 0) is 4.79 Å². The van der Waals surface area contributed by atoms with Crippen molar-refractivity contribution < 1.29 is 9.18 Å². The number of aromatic nitrogens is 2. The Morgan fingerprint density at radius 3 is 2.77 bits per heavy atom. The van der Waals surface area contributed by atoms with Crippen LogP contribution in [0, 0.1) is 5.82 Å². The van der Waals surface area contributed by atoms with Crippen molar-refractivity contribution in [3.05, 3.63) is 41.8 Å². The number of hydrogen-bond donors (Lipinski definition) is 2. The maximum atomic E-state index is 13.1. The summed E-state index contributed by atoms with van der Waals surface area (Å²) >= 11 is 1.48. The Bertz CT molecular complexity index is 816. The van der Waals surface area contributed by atoms with Gasteiger partial charge in [-0.05, 0) is 17.7 Å². The van der Waals surface area contributed by atoms with Crippen LogP contribution in [-0.4, -0.2) is 29.5 Å². The minimum atomic E-state index is -0.280. The van der Waals surface area contributed by atoms with Gasteiger partial charge in [0.15, 0.2) is 0 Å². The first-order chi connectivity index (χ1) is 10.7. The predicted octanol–water partition coefficient (Wildman–Crippen LogP) is 2.66. The number of fused-ring (bicyclic) bond motifs is 1. The zero-order valence-corrected chi connectivity index (χ0v) is 12.6. The number of thiophene rings is 1. The lowest BCUT2D eigenvalue weighted by atomic mass is 10.1. The fourth-order valence-corrected chi connectivity index (χ4v) is 3.02. The molecule has 5 nitrogen and oxygen atoms in total. The normalized spacial score (nSPS) is 10.6. The molecule has 3 rings (SSSR count). The minimum Gasteiger partial charge on any atom is -0.360 e. The summed E-state index contributed by atoms with van der Waals surface area (Å²) in [5.41, 5.74) is 1.80. The summed E-state index contributed by atoms with van der Waals surface area (Å²) in [5.74, 6) is 0.178. The van der Waals surface area contributed by atoms with Crippen LogP contribution in [0.25, 0.3) is 21.3 Å². The van der Waals surface area contributed by atoms with E-state index >= 15 is 0 Å². The van der Waals surface area contributed by atoms with E-state index in [1.165, 1.54) is 29.8 Å². The molecule has 1 aromatic carbocycles.